The molecule has 0 aliphatic rings. The molecule has 0 aliphatic heterocycles. The van der Waals surface area contributed by atoms with E-state index in [9.17, 15) is 0 Å². The topological polar surface area (TPSA) is 3.24 Å². The van der Waals surface area contributed by atoms with Crippen molar-refractivity contribution in [3.63, 3.8) is 0 Å². The molecule has 11 aromatic rings. The van der Waals surface area contributed by atoms with Crippen LogP contribution in [0, 0.1) is 0 Å². The summed E-state index contributed by atoms with van der Waals surface area (Å²) in [5.41, 5.74) is 17.6. The molecule has 1 heterocycles. The molecule has 0 aliphatic carbocycles. The Hall–Kier alpha value is -7.78. The van der Waals surface area contributed by atoms with Crippen LogP contribution in [0.5, 0.6) is 0 Å². The molecule has 0 atom stereocenters. The minimum Gasteiger partial charge on any atom is -0.310 e. The third-order valence-electron chi connectivity index (χ3n) is 11.9. The Morgan fingerprint density at radius 3 is 1.35 bits per heavy atom. The monoisotopic (exact) mass is 807 g/mol. The molecule has 0 fully saturated rings. The van der Waals surface area contributed by atoms with Crippen LogP contribution in [0.3, 0.4) is 0 Å². The van der Waals surface area contributed by atoms with Crippen LogP contribution in [0.4, 0.5) is 17.1 Å². The van der Waals surface area contributed by atoms with E-state index < -0.39 is 0 Å². The van der Waals surface area contributed by atoms with E-state index in [0.717, 1.165) is 33.8 Å². The number of rotatable bonds is 9. The van der Waals surface area contributed by atoms with Gasteiger partial charge in [-0.1, -0.05) is 200 Å². The third kappa shape index (κ3) is 6.97. The second-order valence-electron chi connectivity index (χ2n) is 15.6. The van der Waals surface area contributed by atoms with Gasteiger partial charge in [0.2, 0.25) is 0 Å². The minimum atomic E-state index is 1.09. The predicted molar refractivity (Wildman–Crippen MR) is 267 cm³/mol. The summed E-state index contributed by atoms with van der Waals surface area (Å²) in [4.78, 5) is 2.42. The van der Waals surface area contributed by atoms with Crippen LogP contribution < -0.4 is 4.90 Å². The maximum Gasteiger partial charge on any atom is 0.0540 e. The van der Waals surface area contributed by atoms with Gasteiger partial charge in [-0.3, -0.25) is 0 Å². The normalized spacial score (nSPS) is 11.2. The van der Waals surface area contributed by atoms with Crippen molar-refractivity contribution >= 4 is 48.6 Å². The van der Waals surface area contributed by atoms with Crippen molar-refractivity contribution in [1.82, 2.24) is 0 Å². The quantitative estimate of drug-likeness (QED) is 0.140. The summed E-state index contributed by atoms with van der Waals surface area (Å²) in [6.07, 6.45) is 0. The Bertz CT molecular complexity index is 3300. The van der Waals surface area contributed by atoms with Gasteiger partial charge in [0, 0.05) is 37.1 Å². The van der Waals surface area contributed by atoms with Gasteiger partial charge in [-0.15, -0.1) is 11.3 Å². The van der Waals surface area contributed by atoms with Crippen LogP contribution in [0.25, 0.3) is 86.9 Å². The molecule has 0 amide bonds. The molecule has 0 saturated carbocycles. The molecule has 62 heavy (non-hydrogen) atoms. The van der Waals surface area contributed by atoms with Gasteiger partial charge in [0.25, 0.3) is 0 Å². The largest absolute Gasteiger partial charge is 0.310 e. The molecule has 0 unspecified atom stereocenters. The van der Waals surface area contributed by atoms with E-state index in [2.05, 4.69) is 254 Å². The van der Waals surface area contributed by atoms with Crippen LogP contribution in [-0.2, 0) is 0 Å². The molecule has 0 saturated heterocycles. The highest BCUT2D eigenvalue weighted by Crippen LogP contribution is 2.47. The number of thiophene rings is 1. The summed E-state index contributed by atoms with van der Waals surface area (Å²) in [5.74, 6) is 0. The number of fused-ring (bicyclic) bond motifs is 3. The minimum absolute atomic E-state index is 1.09. The molecule has 11 rings (SSSR count). The van der Waals surface area contributed by atoms with Crippen molar-refractivity contribution in [3.05, 3.63) is 249 Å². The Labute approximate surface area is 367 Å². The van der Waals surface area contributed by atoms with Gasteiger partial charge in [0.05, 0.1) is 5.69 Å². The number of hydrogen-bond donors (Lipinski definition) is 0. The van der Waals surface area contributed by atoms with Crippen molar-refractivity contribution in [2.45, 2.75) is 0 Å². The molecular formula is C60H41NS. The van der Waals surface area contributed by atoms with Crippen molar-refractivity contribution in [3.8, 4) is 66.8 Å². The lowest BCUT2D eigenvalue weighted by Crippen LogP contribution is -2.11. The van der Waals surface area contributed by atoms with E-state index >= 15 is 0 Å². The molecule has 1 aromatic heterocycles. The van der Waals surface area contributed by atoms with Gasteiger partial charge in [0.15, 0.2) is 0 Å². The molecule has 0 radical (unpaired) electrons. The standard InChI is InChI=1S/C60H41NS/c1-5-17-42(18-6-1)43-31-36-49(37-32-43)61(50-38-33-46(34-39-50)52-28-16-30-58-60(52)54-25-13-14-29-57(54)62-58)56-40-35-48(41-55(56)45-21-9-3-10-22-45)53-27-15-26-51(44-19-7-2-8-20-44)59(53)47-23-11-4-12-24-47/h1-41H. The summed E-state index contributed by atoms with van der Waals surface area (Å²) in [5, 5.41) is 2.63. The van der Waals surface area contributed by atoms with Gasteiger partial charge in [-0.25, -0.2) is 0 Å². The maximum atomic E-state index is 2.42. The summed E-state index contributed by atoms with van der Waals surface area (Å²) in [6.45, 7) is 0. The molecule has 1 nitrogen and oxygen atoms in total. The Morgan fingerprint density at radius 2 is 0.710 bits per heavy atom. The predicted octanol–water partition coefficient (Wildman–Crippen LogP) is 17.5. The van der Waals surface area contributed by atoms with E-state index in [4.69, 9.17) is 0 Å². The first-order valence-corrected chi connectivity index (χ1v) is 22.0. The molecule has 0 spiro atoms. The zero-order valence-corrected chi connectivity index (χ0v) is 34.8. The fraction of sp³-hybridized carbons (Fsp3) is 0. The van der Waals surface area contributed by atoms with Gasteiger partial charge in [0.1, 0.15) is 0 Å². The zero-order chi connectivity index (χ0) is 41.2. The van der Waals surface area contributed by atoms with Crippen molar-refractivity contribution < 1.29 is 0 Å². The average molecular weight is 808 g/mol. The molecule has 10 aromatic carbocycles. The lowest BCUT2D eigenvalue weighted by molar-refractivity contribution is 1.28. The van der Waals surface area contributed by atoms with E-state index in [0.29, 0.717) is 0 Å². The van der Waals surface area contributed by atoms with Crippen molar-refractivity contribution in [1.29, 1.82) is 0 Å². The van der Waals surface area contributed by atoms with Gasteiger partial charge >= 0.3 is 0 Å². The van der Waals surface area contributed by atoms with Gasteiger partial charge in [-0.2, -0.15) is 0 Å². The van der Waals surface area contributed by atoms with Crippen LogP contribution in [0.15, 0.2) is 249 Å². The summed E-state index contributed by atoms with van der Waals surface area (Å²) >= 11 is 1.86. The summed E-state index contributed by atoms with van der Waals surface area (Å²) in [7, 11) is 0. The maximum absolute atomic E-state index is 2.42. The lowest BCUT2D eigenvalue weighted by Gasteiger charge is -2.29. The number of hydrogen-bond acceptors (Lipinski definition) is 2. The van der Waals surface area contributed by atoms with E-state index in [-0.39, 0.29) is 0 Å². The third-order valence-corrected chi connectivity index (χ3v) is 13.1. The molecule has 292 valence electrons. The first-order chi connectivity index (χ1) is 30.8. The summed E-state index contributed by atoms with van der Waals surface area (Å²) in [6, 6.07) is 90.3. The highest BCUT2D eigenvalue weighted by atomic mass is 32.1. The molecule has 0 bridgehead atoms. The Balaban J connectivity index is 1.10. The second kappa shape index (κ2) is 16.3. The van der Waals surface area contributed by atoms with Gasteiger partial charge < -0.3 is 4.90 Å². The molecular weight excluding hydrogens is 767 g/mol. The van der Waals surface area contributed by atoms with Crippen LogP contribution >= 0.6 is 11.3 Å². The summed E-state index contributed by atoms with van der Waals surface area (Å²) < 4.78 is 2.63. The zero-order valence-electron chi connectivity index (χ0n) is 34.0. The van der Waals surface area contributed by atoms with Crippen LogP contribution in [0.2, 0.25) is 0 Å². The van der Waals surface area contributed by atoms with Crippen LogP contribution in [-0.4, -0.2) is 0 Å². The van der Waals surface area contributed by atoms with E-state index in [1.165, 1.54) is 70.2 Å². The average Bonchev–Trinajstić information content (AvgIpc) is 3.75. The lowest BCUT2D eigenvalue weighted by atomic mass is 9.86. The fourth-order valence-corrected chi connectivity index (χ4v) is 10.1. The Kier molecular flexibility index (Phi) is 9.82. The van der Waals surface area contributed by atoms with E-state index in [1.54, 1.807) is 0 Å². The fourth-order valence-electron chi connectivity index (χ4n) is 8.98. The SMILES string of the molecule is c1ccc(-c2ccc(N(c3ccc(-c4cccc5sc6ccccc6c45)cc3)c3ccc(-c4cccc(-c5ccccc5)c4-c4ccccc4)cc3-c3ccccc3)cc2)cc1. The first kappa shape index (κ1) is 37.2. The highest BCUT2D eigenvalue weighted by Gasteiger charge is 2.21. The second-order valence-corrected chi connectivity index (χ2v) is 16.7. The first-order valence-electron chi connectivity index (χ1n) is 21.2. The van der Waals surface area contributed by atoms with Crippen molar-refractivity contribution in [2.75, 3.05) is 4.90 Å². The molecule has 2 heteroatoms. The smallest absolute Gasteiger partial charge is 0.0540 e. The number of nitrogens with zero attached hydrogens (tertiary/aromatic N) is 1. The number of benzene rings is 10. The highest BCUT2D eigenvalue weighted by molar-refractivity contribution is 7.25. The van der Waals surface area contributed by atoms with Crippen LogP contribution in [0.1, 0.15) is 0 Å². The van der Waals surface area contributed by atoms with E-state index in [1.807, 2.05) is 11.3 Å². The van der Waals surface area contributed by atoms with Gasteiger partial charge in [-0.05, 0) is 110 Å². The van der Waals surface area contributed by atoms with Crippen molar-refractivity contribution in [2.24, 2.45) is 0 Å². The number of anilines is 3. The molecule has 0 N–H and O–H groups in total. The Morgan fingerprint density at radius 1 is 0.274 bits per heavy atom.